The van der Waals surface area contributed by atoms with Crippen molar-refractivity contribution in [3.05, 3.63) is 84.1 Å². The maximum absolute atomic E-state index is 12.7. The van der Waals surface area contributed by atoms with Gasteiger partial charge >= 0.3 is 0 Å². The molecule has 8 nitrogen and oxygen atoms in total. The van der Waals surface area contributed by atoms with Crippen LogP contribution in [0.15, 0.2) is 77.8 Å². The first kappa shape index (κ1) is 19.6. The number of carbonyl (C=O) groups excluding carboxylic acids is 1. The summed E-state index contributed by atoms with van der Waals surface area (Å²) in [5, 5.41) is 20.3. The van der Waals surface area contributed by atoms with Crippen molar-refractivity contribution in [2.75, 3.05) is 5.32 Å². The molecule has 0 atom stereocenters. The van der Waals surface area contributed by atoms with Crippen molar-refractivity contribution in [3.63, 3.8) is 0 Å². The van der Waals surface area contributed by atoms with Crippen LogP contribution >= 0.6 is 0 Å². The Bertz CT molecular complexity index is 1320. The van der Waals surface area contributed by atoms with Crippen LogP contribution in [0.1, 0.15) is 15.9 Å². The molecule has 152 valence electrons. The number of amides is 1. The average Bonchev–Trinajstić information content (AvgIpc) is 3.21. The first-order valence-corrected chi connectivity index (χ1v) is 10.5. The van der Waals surface area contributed by atoms with E-state index in [2.05, 4.69) is 20.2 Å². The average molecular weight is 422 g/mol. The van der Waals surface area contributed by atoms with Crippen LogP contribution in [-0.2, 0) is 16.6 Å². The SMILES string of the molecule is O=C(Nc1ccc2[nH]ncc2c1)c1cc(S(=O)(=O)NCc2ccccc2)ccc1O. The summed E-state index contributed by atoms with van der Waals surface area (Å²) in [5.74, 6) is -0.950. The lowest BCUT2D eigenvalue weighted by molar-refractivity contribution is 0.102. The zero-order valence-corrected chi connectivity index (χ0v) is 16.5. The Balaban J connectivity index is 1.55. The summed E-state index contributed by atoms with van der Waals surface area (Å²) in [6, 6.07) is 17.8. The van der Waals surface area contributed by atoms with Crippen LogP contribution in [0, 0.1) is 0 Å². The van der Waals surface area contributed by atoms with E-state index in [1.165, 1.54) is 12.1 Å². The normalized spacial score (nSPS) is 11.5. The number of rotatable bonds is 6. The van der Waals surface area contributed by atoms with Gasteiger partial charge in [0, 0.05) is 17.6 Å². The molecule has 0 bridgehead atoms. The highest BCUT2D eigenvalue weighted by Gasteiger charge is 2.19. The van der Waals surface area contributed by atoms with Gasteiger partial charge in [0.1, 0.15) is 5.75 Å². The number of benzene rings is 3. The van der Waals surface area contributed by atoms with Crippen molar-refractivity contribution in [1.82, 2.24) is 14.9 Å². The van der Waals surface area contributed by atoms with Crippen LogP contribution in [0.2, 0.25) is 0 Å². The molecule has 1 amide bonds. The van der Waals surface area contributed by atoms with Gasteiger partial charge in [0.2, 0.25) is 10.0 Å². The molecule has 0 aliphatic rings. The standard InChI is InChI=1S/C21H18N4O4S/c26-20-9-7-17(30(28,29)23-12-14-4-2-1-3-5-14)11-18(20)21(27)24-16-6-8-19-15(10-16)13-22-25-19/h1-11,13,23,26H,12H2,(H,22,25)(H,24,27). The number of hydrogen-bond donors (Lipinski definition) is 4. The molecule has 0 fully saturated rings. The summed E-state index contributed by atoms with van der Waals surface area (Å²) in [7, 11) is -3.88. The van der Waals surface area contributed by atoms with E-state index in [9.17, 15) is 18.3 Å². The quantitative estimate of drug-likeness (QED) is 0.380. The maximum Gasteiger partial charge on any atom is 0.259 e. The number of nitrogens with one attached hydrogen (secondary N) is 3. The molecule has 0 aliphatic heterocycles. The van der Waals surface area contributed by atoms with Gasteiger partial charge < -0.3 is 10.4 Å². The number of anilines is 1. The van der Waals surface area contributed by atoms with Gasteiger partial charge in [0.05, 0.1) is 22.2 Å². The fraction of sp³-hybridized carbons (Fsp3) is 0.0476. The molecular formula is C21H18N4O4S. The summed E-state index contributed by atoms with van der Waals surface area (Å²) < 4.78 is 27.8. The first-order valence-electron chi connectivity index (χ1n) is 9.03. The van der Waals surface area contributed by atoms with E-state index in [1.54, 1.807) is 36.5 Å². The van der Waals surface area contributed by atoms with E-state index in [4.69, 9.17) is 0 Å². The van der Waals surface area contributed by atoms with Crippen molar-refractivity contribution in [2.24, 2.45) is 0 Å². The molecule has 1 aromatic heterocycles. The molecule has 4 aromatic rings. The summed E-state index contributed by atoms with van der Waals surface area (Å²) in [4.78, 5) is 12.5. The number of sulfonamides is 1. The number of phenols is 1. The van der Waals surface area contributed by atoms with Crippen LogP contribution < -0.4 is 10.0 Å². The fourth-order valence-corrected chi connectivity index (χ4v) is 3.98. The highest BCUT2D eigenvalue weighted by Crippen LogP contribution is 2.24. The van der Waals surface area contributed by atoms with Crippen LogP contribution in [0.3, 0.4) is 0 Å². The molecule has 1 heterocycles. The minimum atomic E-state index is -3.88. The van der Waals surface area contributed by atoms with Gasteiger partial charge in [-0.05, 0) is 42.0 Å². The van der Waals surface area contributed by atoms with E-state index >= 15 is 0 Å². The summed E-state index contributed by atoms with van der Waals surface area (Å²) in [5.41, 5.74) is 1.95. The Kier molecular flexibility index (Phi) is 5.21. The second-order valence-corrected chi connectivity index (χ2v) is 8.38. The number of carbonyl (C=O) groups is 1. The summed E-state index contributed by atoms with van der Waals surface area (Å²) in [6.45, 7) is 0.107. The summed E-state index contributed by atoms with van der Waals surface area (Å²) >= 11 is 0. The third-order valence-corrected chi connectivity index (χ3v) is 5.93. The predicted octanol–water partition coefficient (Wildman–Crippen LogP) is 3.00. The van der Waals surface area contributed by atoms with E-state index in [0.29, 0.717) is 5.69 Å². The summed E-state index contributed by atoms with van der Waals surface area (Å²) in [6.07, 6.45) is 1.62. The van der Waals surface area contributed by atoms with Crippen LogP contribution in [0.4, 0.5) is 5.69 Å². The number of aromatic nitrogens is 2. The van der Waals surface area contributed by atoms with Gasteiger partial charge in [-0.1, -0.05) is 30.3 Å². The van der Waals surface area contributed by atoms with Crippen LogP contribution in [0.5, 0.6) is 5.75 Å². The minimum absolute atomic E-state index is 0.107. The van der Waals surface area contributed by atoms with Gasteiger partial charge in [0.25, 0.3) is 5.91 Å². The highest BCUT2D eigenvalue weighted by atomic mass is 32.2. The van der Waals surface area contributed by atoms with E-state index < -0.39 is 15.9 Å². The molecule has 30 heavy (non-hydrogen) atoms. The maximum atomic E-state index is 12.7. The van der Waals surface area contributed by atoms with Gasteiger partial charge in [-0.15, -0.1) is 0 Å². The van der Waals surface area contributed by atoms with Crippen LogP contribution in [0.25, 0.3) is 10.9 Å². The van der Waals surface area contributed by atoms with Crippen molar-refractivity contribution in [1.29, 1.82) is 0 Å². The highest BCUT2D eigenvalue weighted by molar-refractivity contribution is 7.89. The van der Waals surface area contributed by atoms with E-state index in [-0.39, 0.29) is 22.8 Å². The van der Waals surface area contributed by atoms with Gasteiger partial charge in [0.15, 0.2) is 0 Å². The Hall–Kier alpha value is -3.69. The Morgan fingerprint density at radius 1 is 1.03 bits per heavy atom. The van der Waals surface area contributed by atoms with Gasteiger partial charge in [-0.25, -0.2) is 13.1 Å². The number of hydrogen-bond acceptors (Lipinski definition) is 5. The predicted molar refractivity (Wildman–Crippen MR) is 113 cm³/mol. The van der Waals surface area contributed by atoms with E-state index in [0.717, 1.165) is 22.5 Å². The lowest BCUT2D eigenvalue weighted by atomic mass is 10.1. The number of aromatic hydroxyl groups is 1. The molecule has 0 radical (unpaired) electrons. The number of aromatic amines is 1. The minimum Gasteiger partial charge on any atom is -0.507 e. The third kappa shape index (κ3) is 4.17. The second kappa shape index (κ2) is 7.97. The molecule has 4 rings (SSSR count). The number of phenolic OH excluding ortho intramolecular Hbond substituents is 1. The van der Waals surface area contributed by atoms with Crippen molar-refractivity contribution < 1.29 is 18.3 Å². The monoisotopic (exact) mass is 422 g/mol. The zero-order chi connectivity index (χ0) is 21.1. The van der Waals surface area contributed by atoms with Crippen molar-refractivity contribution in [2.45, 2.75) is 11.4 Å². The molecule has 9 heteroatoms. The Labute approximate surface area is 172 Å². The molecule has 0 aliphatic carbocycles. The lowest BCUT2D eigenvalue weighted by Crippen LogP contribution is -2.23. The Morgan fingerprint density at radius 3 is 2.63 bits per heavy atom. The van der Waals surface area contributed by atoms with E-state index in [1.807, 2.05) is 18.2 Å². The molecule has 0 saturated heterocycles. The molecule has 4 N–H and O–H groups in total. The third-order valence-electron chi connectivity index (χ3n) is 4.53. The Morgan fingerprint density at radius 2 is 1.83 bits per heavy atom. The largest absolute Gasteiger partial charge is 0.507 e. The number of fused-ring (bicyclic) bond motifs is 1. The number of H-pyrrole nitrogens is 1. The molecule has 0 saturated carbocycles. The molecule has 0 spiro atoms. The smallest absolute Gasteiger partial charge is 0.259 e. The van der Waals surface area contributed by atoms with Crippen molar-refractivity contribution >= 4 is 32.5 Å². The van der Waals surface area contributed by atoms with Gasteiger partial charge in [-0.2, -0.15) is 5.10 Å². The molecular weight excluding hydrogens is 404 g/mol. The zero-order valence-electron chi connectivity index (χ0n) is 15.7. The van der Waals surface area contributed by atoms with Crippen molar-refractivity contribution in [3.8, 4) is 5.75 Å². The molecule has 3 aromatic carbocycles. The first-order chi connectivity index (χ1) is 14.4. The number of nitrogens with zero attached hydrogens (tertiary/aromatic N) is 1. The van der Waals surface area contributed by atoms with Crippen LogP contribution in [-0.4, -0.2) is 29.6 Å². The topological polar surface area (TPSA) is 124 Å². The van der Waals surface area contributed by atoms with Gasteiger partial charge in [-0.3, -0.25) is 9.89 Å². The molecule has 0 unspecified atom stereocenters. The lowest BCUT2D eigenvalue weighted by Gasteiger charge is -2.11. The fourth-order valence-electron chi connectivity index (χ4n) is 2.94. The second-order valence-electron chi connectivity index (χ2n) is 6.62.